The second kappa shape index (κ2) is 10.2. The molecule has 1 atom stereocenters. The fourth-order valence-electron chi connectivity index (χ4n) is 3.41. The van der Waals surface area contributed by atoms with Crippen molar-refractivity contribution >= 4 is 24.2 Å². The third-order valence-electron chi connectivity index (χ3n) is 4.88. The molecule has 0 aliphatic carbocycles. The molecule has 2 heterocycles. The first-order chi connectivity index (χ1) is 13.1. The number of piperidine rings is 1. The van der Waals surface area contributed by atoms with Crippen LogP contribution >= 0.6 is 12.4 Å². The molecule has 1 fully saturated rings. The quantitative estimate of drug-likeness (QED) is 0.769. The Morgan fingerprint density at radius 3 is 2.64 bits per heavy atom. The predicted molar refractivity (Wildman–Crippen MR) is 111 cm³/mol. The third-order valence-corrected chi connectivity index (χ3v) is 4.88. The smallest absolute Gasteiger partial charge is 0.254 e. The summed E-state index contributed by atoms with van der Waals surface area (Å²) in [5, 5.41) is 7.19. The second-order valence-corrected chi connectivity index (χ2v) is 7.00. The molecule has 1 saturated heterocycles. The Kier molecular flexibility index (Phi) is 8.02. The minimum Gasteiger partial charge on any atom is -0.354 e. The molecule has 2 aromatic rings. The highest BCUT2D eigenvalue weighted by atomic mass is 35.5. The fourth-order valence-corrected chi connectivity index (χ4v) is 3.41. The van der Waals surface area contributed by atoms with Crippen molar-refractivity contribution in [3.05, 3.63) is 47.8 Å². The number of amides is 2. The number of rotatable bonds is 6. The van der Waals surface area contributed by atoms with Gasteiger partial charge in [0, 0.05) is 43.9 Å². The van der Waals surface area contributed by atoms with E-state index in [9.17, 15) is 9.59 Å². The zero-order chi connectivity index (χ0) is 19.2. The van der Waals surface area contributed by atoms with Crippen LogP contribution in [0.15, 0.2) is 36.7 Å². The number of carbonyl (C=O) groups is 2. The van der Waals surface area contributed by atoms with Gasteiger partial charge in [0.1, 0.15) is 0 Å². The fraction of sp³-hybridized carbons (Fsp3) is 0.450. The second-order valence-electron chi connectivity index (χ2n) is 7.00. The average molecular weight is 406 g/mol. The van der Waals surface area contributed by atoms with Crippen molar-refractivity contribution in [2.45, 2.75) is 38.6 Å². The van der Waals surface area contributed by atoms with Crippen LogP contribution in [0.5, 0.6) is 0 Å². The van der Waals surface area contributed by atoms with Crippen molar-refractivity contribution in [1.82, 2.24) is 20.0 Å². The molecule has 1 aliphatic heterocycles. The Labute approximate surface area is 171 Å². The molecule has 0 bridgehead atoms. The minimum absolute atomic E-state index is 0. The molecule has 2 amide bonds. The lowest BCUT2D eigenvalue weighted by Gasteiger charge is -2.36. The number of aromatic nitrogens is 2. The Balaban J connectivity index is 0.00000280. The van der Waals surface area contributed by atoms with Gasteiger partial charge in [-0.2, -0.15) is 5.10 Å². The van der Waals surface area contributed by atoms with E-state index >= 15 is 0 Å². The molecule has 1 unspecified atom stereocenters. The lowest BCUT2D eigenvalue weighted by molar-refractivity contribution is -0.121. The SMILES string of the molecule is Cc1cnn(-c2ccc(C(=O)N3CCCCC3CNC(=O)CCN)cc2)c1.Cl. The van der Waals surface area contributed by atoms with Gasteiger partial charge in [-0.1, -0.05) is 0 Å². The monoisotopic (exact) mass is 405 g/mol. The highest BCUT2D eigenvalue weighted by Crippen LogP contribution is 2.20. The number of hydrogen-bond donors (Lipinski definition) is 2. The number of nitrogens with one attached hydrogen (secondary N) is 1. The number of carbonyl (C=O) groups excluding carboxylic acids is 2. The Bertz CT molecular complexity index is 790. The topological polar surface area (TPSA) is 93.2 Å². The van der Waals surface area contributed by atoms with Crippen molar-refractivity contribution in [1.29, 1.82) is 0 Å². The van der Waals surface area contributed by atoms with Crippen LogP contribution in [-0.4, -0.2) is 52.2 Å². The number of hydrogen-bond acceptors (Lipinski definition) is 4. The highest BCUT2D eigenvalue weighted by molar-refractivity contribution is 5.94. The molecular weight excluding hydrogens is 378 g/mol. The normalized spacial score (nSPS) is 16.4. The number of likely N-dealkylation sites (tertiary alicyclic amines) is 1. The van der Waals surface area contributed by atoms with E-state index in [1.165, 1.54) is 0 Å². The van der Waals surface area contributed by atoms with Gasteiger partial charge in [0.15, 0.2) is 0 Å². The first-order valence-electron chi connectivity index (χ1n) is 9.48. The van der Waals surface area contributed by atoms with Crippen LogP contribution in [0.3, 0.4) is 0 Å². The van der Waals surface area contributed by atoms with E-state index in [2.05, 4.69) is 10.4 Å². The van der Waals surface area contributed by atoms with E-state index in [-0.39, 0.29) is 30.3 Å². The molecule has 1 aromatic carbocycles. The summed E-state index contributed by atoms with van der Waals surface area (Å²) in [7, 11) is 0. The largest absolute Gasteiger partial charge is 0.354 e. The van der Waals surface area contributed by atoms with Gasteiger partial charge in [0.25, 0.3) is 5.91 Å². The molecule has 152 valence electrons. The summed E-state index contributed by atoms with van der Waals surface area (Å²) < 4.78 is 1.79. The maximum atomic E-state index is 13.0. The number of nitrogens with zero attached hydrogens (tertiary/aromatic N) is 3. The molecule has 0 radical (unpaired) electrons. The first kappa shape index (κ1) is 21.9. The molecule has 3 rings (SSSR count). The highest BCUT2D eigenvalue weighted by Gasteiger charge is 2.27. The number of halogens is 1. The van der Waals surface area contributed by atoms with Crippen molar-refractivity contribution in [2.24, 2.45) is 5.73 Å². The maximum Gasteiger partial charge on any atom is 0.254 e. The van der Waals surface area contributed by atoms with E-state index in [1.807, 2.05) is 42.3 Å². The van der Waals surface area contributed by atoms with E-state index in [4.69, 9.17) is 5.73 Å². The van der Waals surface area contributed by atoms with Crippen molar-refractivity contribution < 1.29 is 9.59 Å². The lowest BCUT2D eigenvalue weighted by Crippen LogP contribution is -2.49. The molecule has 0 spiro atoms. The van der Waals surface area contributed by atoms with Crippen molar-refractivity contribution in [3.8, 4) is 5.69 Å². The molecular formula is C20H28ClN5O2. The van der Waals surface area contributed by atoms with Crippen LogP contribution in [0.1, 0.15) is 41.6 Å². The van der Waals surface area contributed by atoms with Crippen molar-refractivity contribution in [2.75, 3.05) is 19.6 Å². The molecule has 1 aromatic heterocycles. The summed E-state index contributed by atoms with van der Waals surface area (Å²) in [5.41, 5.74) is 8.08. The summed E-state index contributed by atoms with van der Waals surface area (Å²) in [6.45, 7) is 3.52. The van der Waals surface area contributed by atoms with Crippen LogP contribution in [0, 0.1) is 6.92 Å². The van der Waals surface area contributed by atoms with Gasteiger partial charge in [-0.3, -0.25) is 9.59 Å². The summed E-state index contributed by atoms with van der Waals surface area (Å²) >= 11 is 0. The van der Waals surface area contributed by atoms with Crippen LogP contribution in [-0.2, 0) is 4.79 Å². The Morgan fingerprint density at radius 2 is 2.00 bits per heavy atom. The summed E-state index contributed by atoms with van der Waals surface area (Å²) in [4.78, 5) is 26.6. The van der Waals surface area contributed by atoms with E-state index in [1.54, 1.807) is 10.9 Å². The zero-order valence-corrected chi connectivity index (χ0v) is 17.0. The van der Waals surface area contributed by atoms with Gasteiger partial charge >= 0.3 is 0 Å². The molecule has 28 heavy (non-hydrogen) atoms. The van der Waals surface area contributed by atoms with Gasteiger partial charge in [-0.25, -0.2) is 4.68 Å². The number of benzene rings is 1. The molecule has 8 heteroatoms. The number of aryl methyl sites for hydroxylation is 1. The zero-order valence-electron chi connectivity index (χ0n) is 16.1. The van der Waals surface area contributed by atoms with Gasteiger partial charge in [-0.15, -0.1) is 12.4 Å². The van der Waals surface area contributed by atoms with Crippen LogP contribution < -0.4 is 11.1 Å². The Hall–Kier alpha value is -2.38. The minimum atomic E-state index is -0.0608. The lowest BCUT2D eigenvalue weighted by atomic mass is 10.0. The summed E-state index contributed by atoms with van der Waals surface area (Å²) in [6, 6.07) is 7.52. The molecule has 1 aliphatic rings. The third kappa shape index (κ3) is 5.33. The maximum absolute atomic E-state index is 13.0. The summed E-state index contributed by atoms with van der Waals surface area (Å²) in [5.74, 6) is -0.0506. The van der Waals surface area contributed by atoms with E-state index in [0.717, 1.165) is 37.1 Å². The first-order valence-corrected chi connectivity index (χ1v) is 9.48. The van der Waals surface area contributed by atoms with Crippen molar-refractivity contribution in [3.63, 3.8) is 0 Å². The van der Waals surface area contributed by atoms with E-state index in [0.29, 0.717) is 25.1 Å². The van der Waals surface area contributed by atoms with Gasteiger partial charge in [0.05, 0.1) is 11.9 Å². The standard InChI is InChI=1S/C20H27N5O2.ClH/c1-15-12-23-25(14-15)17-7-5-16(6-8-17)20(27)24-11-3-2-4-18(24)13-22-19(26)9-10-21;/h5-8,12,14,18H,2-4,9-11,13,21H2,1H3,(H,22,26);1H. The van der Waals surface area contributed by atoms with Gasteiger partial charge in [-0.05, 0) is 56.0 Å². The molecule has 7 nitrogen and oxygen atoms in total. The van der Waals surface area contributed by atoms with Gasteiger partial charge in [0.2, 0.25) is 5.91 Å². The summed E-state index contributed by atoms with van der Waals surface area (Å²) in [6.07, 6.45) is 7.02. The van der Waals surface area contributed by atoms with Crippen LogP contribution in [0.2, 0.25) is 0 Å². The predicted octanol–water partition coefficient (Wildman–Crippen LogP) is 2.06. The van der Waals surface area contributed by atoms with E-state index < -0.39 is 0 Å². The average Bonchev–Trinajstić information content (AvgIpc) is 3.13. The molecule has 3 N–H and O–H groups in total. The van der Waals surface area contributed by atoms with Crippen LogP contribution in [0.25, 0.3) is 5.69 Å². The Morgan fingerprint density at radius 1 is 1.25 bits per heavy atom. The van der Waals surface area contributed by atoms with Crippen LogP contribution in [0.4, 0.5) is 0 Å². The van der Waals surface area contributed by atoms with Gasteiger partial charge < -0.3 is 16.0 Å². The number of nitrogens with two attached hydrogens (primary N) is 1. The molecule has 0 saturated carbocycles.